The highest BCUT2D eigenvalue weighted by Crippen LogP contribution is 2.49. The van der Waals surface area contributed by atoms with Gasteiger partial charge in [0.25, 0.3) is 5.91 Å². The minimum absolute atomic E-state index is 0.0308. The van der Waals surface area contributed by atoms with Crippen LogP contribution in [-0.2, 0) is 9.59 Å². The Balaban J connectivity index is 1.56. The van der Waals surface area contributed by atoms with Gasteiger partial charge in [-0.1, -0.05) is 24.3 Å². The Morgan fingerprint density at radius 1 is 1.05 bits per heavy atom. The third kappa shape index (κ3) is 4.47. The van der Waals surface area contributed by atoms with Crippen molar-refractivity contribution in [2.45, 2.75) is 12.3 Å². The third-order valence-electron chi connectivity index (χ3n) is 6.14. The lowest BCUT2D eigenvalue weighted by Crippen LogP contribution is -2.22. The van der Waals surface area contributed by atoms with Crippen molar-refractivity contribution in [3.63, 3.8) is 0 Å². The van der Waals surface area contributed by atoms with Gasteiger partial charge in [0.2, 0.25) is 5.78 Å². The zero-order valence-electron chi connectivity index (χ0n) is 20.1. The molecule has 5 rings (SSSR count). The van der Waals surface area contributed by atoms with Gasteiger partial charge in [-0.3, -0.25) is 14.4 Å². The van der Waals surface area contributed by atoms with Crippen LogP contribution in [0.25, 0.3) is 6.08 Å². The minimum Gasteiger partial charge on any atom is -0.493 e. The number of hydrogen-bond donors (Lipinski definition) is 1. The summed E-state index contributed by atoms with van der Waals surface area (Å²) in [5.74, 6) is 0.354. The number of amides is 1. The second kappa shape index (κ2) is 9.69. The molecule has 0 saturated carbocycles. The fourth-order valence-electron chi connectivity index (χ4n) is 4.53. The second-order valence-electron chi connectivity index (χ2n) is 8.43. The summed E-state index contributed by atoms with van der Waals surface area (Å²) in [5.41, 5.74) is 7.46. The van der Waals surface area contributed by atoms with Gasteiger partial charge in [0, 0.05) is 17.0 Å². The van der Waals surface area contributed by atoms with E-state index >= 15 is 0 Å². The highest BCUT2D eigenvalue weighted by molar-refractivity contribution is 6.15. The van der Waals surface area contributed by atoms with Gasteiger partial charge in [-0.05, 0) is 42.0 Å². The number of methoxy groups -OCH3 is 2. The van der Waals surface area contributed by atoms with Crippen molar-refractivity contribution < 1.29 is 38.1 Å². The molecule has 0 fully saturated rings. The predicted octanol–water partition coefficient (Wildman–Crippen LogP) is 3.63. The monoisotopic (exact) mass is 501 g/mol. The first-order valence-electron chi connectivity index (χ1n) is 11.4. The zero-order valence-corrected chi connectivity index (χ0v) is 20.1. The maximum atomic E-state index is 13.3. The Kier molecular flexibility index (Phi) is 6.27. The summed E-state index contributed by atoms with van der Waals surface area (Å²) < 4.78 is 27.9. The fourth-order valence-corrected chi connectivity index (χ4v) is 4.53. The molecule has 0 aliphatic carbocycles. The van der Waals surface area contributed by atoms with Crippen molar-refractivity contribution in [1.29, 1.82) is 0 Å². The van der Waals surface area contributed by atoms with Crippen LogP contribution in [0.3, 0.4) is 0 Å². The number of carbonyl (C=O) groups excluding carboxylic acids is 3. The van der Waals surface area contributed by atoms with E-state index in [-0.39, 0.29) is 24.6 Å². The van der Waals surface area contributed by atoms with Gasteiger partial charge in [-0.15, -0.1) is 0 Å². The highest BCUT2D eigenvalue weighted by atomic mass is 16.5. The van der Waals surface area contributed by atoms with E-state index < -0.39 is 17.8 Å². The number of rotatable bonds is 7. The van der Waals surface area contributed by atoms with Crippen LogP contribution in [0.1, 0.15) is 39.4 Å². The van der Waals surface area contributed by atoms with Gasteiger partial charge >= 0.3 is 5.97 Å². The molecule has 9 heteroatoms. The van der Waals surface area contributed by atoms with Crippen molar-refractivity contribution in [1.82, 2.24) is 0 Å². The molecule has 37 heavy (non-hydrogen) atoms. The number of para-hydroxylation sites is 1. The molecule has 0 radical (unpaired) electrons. The molecule has 3 aromatic carbocycles. The summed E-state index contributed by atoms with van der Waals surface area (Å²) in [7, 11) is 3.05. The van der Waals surface area contributed by atoms with Crippen LogP contribution in [0.15, 0.2) is 60.4 Å². The van der Waals surface area contributed by atoms with Crippen molar-refractivity contribution in [3.8, 4) is 28.7 Å². The third-order valence-corrected chi connectivity index (χ3v) is 6.14. The number of carbonyl (C=O) groups is 3. The van der Waals surface area contributed by atoms with Crippen molar-refractivity contribution >= 4 is 23.7 Å². The van der Waals surface area contributed by atoms with Crippen LogP contribution >= 0.6 is 0 Å². The van der Waals surface area contributed by atoms with E-state index in [2.05, 4.69) is 0 Å². The Hall–Kier alpha value is -4.79. The molecule has 0 saturated heterocycles. The number of ether oxygens (including phenoxy) is 5. The predicted molar refractivity (Wildman–Crippen MR) is 132 cm³/mol. The lowest BCUT2D eigenvalue weighted by molar-refractivity contribution is -0.135. The molecule has 0 spiro atoms. The Bertz CT molecular complexity index is 1460. The number of nitrogens with two attached hydrogens (primary N) is 1. The molecule has 2 heterocycles. The summed E-state index contributed by atoms with van der Waals surface area (Å²) in [5, 5.41) is 0. The number of allylic oxidation sites excluding steroid dienone is 1. The summed E-state index contributed by atoms with van der Waals surface area (Å²) >= 11 is 0. The summed E-state index contributed by atoms with van der Waals surface area (Å²) in [6, 6.07) is 15.5. The van der Waals surface area contributed by atoms with E-state index in [9.17, 15) is 14.4 Å². The molecular weight excluding hydrogens is 478 g/mol. The van der Waals surface area contributed by atoms with Crippen molar-refractivity contribution in [3.05, 3.63) is 82.6 Å². The van der Waals surface area contributed by atoms with Crippen LogP contribution in [0.5, 0.6) is 28.7 Å². The molecule has 2 aliphatic heterocycles. The zero-order chi connectivity index (χ0) is 26.1. The van der Waals surface area contributed by atoms with E-state index in [0.717, 1.165) is 5.56 Å². The van der Waals surface area contributed by atoms with E-state index in [0.29, 0.717) is 45.4 Å². The first-order chi connectivity index (χ1) is 17.9. The second-order valence-corrected chi connectivity index (χ2v) is 8.43. The fraction of sp³-hybridized carbons (Fsp3) is 0.179. The molecule has 0 bridgehead atoms. The van der Waals surface area contributed by atoms with Gasteiger partial charge in [-0.2, -0.15) is 0 Å². The number of hydrogen-bond acceptors (Lipinski definition) is 8. The molecular formula is C28H23NO8. The quantitative estimate of drug-likeness (QED) is 0.296. The number of ketones is 1. The molecule has 2 N–H and O–H groups in total. The van der Waals surface area contributed by atoms with Gasteiger partial charge in [0.05, 0.1) is 26.2 Å². The average molecular weight is 501 g/mol. The minimum atomic E-state index is -0.603. The standard InChI is InChI=1S/C28H23NO8/c1-33-21-8-4-6-16(27(21)34-2)12-22-26(32)18-9-10-20-25(28(18)37-22)19(13-24(31)36-20)15-5-3-7-17(11-15)35-14-23(29)30/h3-12,19H,13-14H2,1-2H3,(H2,29,30)/b22-12-/t19-/m0/s1. The molecule has 0 unspecified atom stereocenters. The normalized spacial score (nSPS) is 16.9. The molecule has 2 aliphatic rings. The first-order valence-corrected chi connectivity index (χ1v) is 11.4. The molecule has 9 nitrogen and oxygen atoms in total. The summed E-state index contributed by atoms with van der Waals surface area (Å²) in [6.45, 7) is -0.276. The van der Waals surface area contributed by atoms with E-state index in [1.54, 1.807) is 54.6 Å². The first kappa shape index (κ1) is 23.9. The average Bonchev–Trinajstić information content (AvgIpc) is 3.21. The largest absolute Gasteiger partial charge is 0.493 e. The highest BCUT2D eigenvalue weighted by Gasteiger charge is 2.38. The topological polar surface area (TPSA) is 123 Å². The molecule has 3 aromatic rings. The van der Waals surface area contributed by atoms with Gasteiger partial charge in [0.1, 0.15) is 17.2 Å². The molecule has 1 amide bonds. The number of Topliss-reactive ketones (excluding diaryl/α,β-unsaturated/α-hetero) is 1. The van der Waals surface area contributed by atoms with Gasteiger partial charge in [0.15, 0.2) is 23.9 Å². The maximum absolute atomic E-state index is 13.3. The smallest absolute Gasteiger partial charge is 0.312 e. The van der Waals surface area contributed by atoms with E-state index in [4.69, 9.17) is 29.4 Å². The number of fused-ring (bicyclic) bond motifs is 3. The summed E-state index contributed by atoms with van der Waals surface area (Å²) in [4.78, 5) is 36.9. The molecule has 188 valence electrons. The number of benzene rings is 3. The summed E-state index contributed by atoms with van der Waals surface area (Å²) in [6.07, 6.45) is 1.63. The van der Waals surface area contributed by atoms with Crippen molar-refractivity contribution in [2.75, 3.05) is 20.8 Å². The van der Waals surface area contributed by atoms with E-state index in [1.807, 2.05) is 6.07 Å². The van der Waals surface area contributed by atoms with Crippen molar-refractivity contribution in [2.24, 2.45) is 5.73 Å². The van der Waals surface area contributed by atoms with Gasteiger partial charge < -0.3 is 29.4 Å². The number of esters is 1. The SMILES string of the molecule is COc1cccc(/C=C2\Oc3c(ccc4c3[C@H](c3cccc(OCC(N)=O)c3)CC(=O)O4)C2=O)c1OC. The van der Waals surface area contributed by atoms with Crippen LogP contribution in [0.2, 0.25) is 0 Å². The van der Waals surface area contributed by atoms with Crippen LogP contribution in [0, 0.1) is 0 Å². The lowest BCUT2D eigenvalue weighted by atomic mass is 9.84. The Morgan fingerprint density at radius 2 is 1.86 bits per heavy atom. The van der Waals surface area contributed by atoms with Crippen LogP contribution < -0.4 is 29.4 Å². The molecule has 1 atom stereocenters. The lowest BCUT2D eigenvalue weighted by Gasteiger charge is -2.26. The van der Waals surface area contributed by atoms with E-state index in [1.165, 1.54) is 14.2 Å². The Labute approximate surface area is 212 Å². The van der Waals surface area contributed by atoms with Crippen LogP contribution in [0.4, 0.5) is 0 Å². The maximum Gasteiger partial charge on any atom is 0.312 e. The van der Waals surface area contributed by atoms with Gasteiger partial charge in [-0.25, -0.2) is 0 Å². The Morgan fingerprint density at radius 3 is 2.62 bits per heavy atom. The number of primary amides is 1. The van der Waals surface area contributed by atoms with Crippen LogP contribution in [-0.4, -0.2) is 38.5 Å². The molecule has 0 aromatic heterocycles.